The third-order valence-electron chi connectivity index (χ3n) is 3.70. The van der Waals surface area contributed by atoms with Gasteiger partial charge in [-0.1, -0.05) is 32.9 Å². The number of benzene rings is 1. The summed E-state index contributed by atoms with van der Waals surface area (Å²) in [6.07, 6.45) is 3.21. The molecule has 0 spiro atoms. The molecule has 2 nitrogen and oxygen atoms in total. The molecule has 0 aliphatic heterocycles. The van der Waals surface area contributed by atoms with Crippen LogP contribution < -0.4 is 5.32 Å². The lowest BCUT2D eigenvalue weighted by Gasteiger charge is -2.27. The average Bonchev–Trinajstić information content (AvgIpc) is 2.45. The van der Waals surface area contributed by atoms with Crippen molar-refractivity contribution in [1.29, 1.82) is 0 Å². The normalized spacial score (nSPS) is 13.1. The summed E-state index contributed by atoms with van der Waals surface area (Å²) >= 11 is 1.85. The molecule has 0 radical (unpaired) electrons. The molecule has 120 valence electrons. The Hall–Kier alpha value is -0.580. The third kappa shape index (κ3) is 6.37. The minimum absolute atomic E-state index is 0.103. The van der Waals surface area contributed by atoms with Gasteiger partial charge in [-0.2, -0.15) is 11.8 Å². The van der Waals surface area contributed by atoms with Crippen molar-refractivity contribution in [3.63, 3.8) is 0 Å². The van der Waals surface area contributed by atoms with Gasteiger partial charge in [0.15, 0.2) is 0 Å². The number of hydrogen-bond acceptors (Lipinski definition) is 3. The quantitative estimate of drug-likeness (QED) is 0.744. The summed E-state index contributed by atoms with van der Waals surface area (Å²) in [6.45, 7) is 7.88. The van der Waals surface area contributed by atoms with Gasteiger partial charge in [0.25, 0.3) is 0 Å². The van der Waals surface area contributed by atoms with Crippen molar-refractivity contribution in [2.24, 2.45) is 0 Å². The molecule has 1 aromatic rings. The number of thioether (sulfide) groups is 1. The summed E-state index contributed by atoms with van der Waals surface area (Å²) in [7, 11) is 2.09. The molecule has 1 N–H and O–H groups in total. The molecule has 0 heterocycles. The van der Waals surface area contributed by atoms with Gasteiger partial charge >= 0.3 is 0 Å². The zero-order chi connectivity index (χ0) is 15.8. The molecule has 0 amide bonds. The lowest BCUT2D eigenvalue weighted by Crippen LogP contribution is -2.33. The van der Waals surface area contributed by atoms with Gasteiger partial charge < -0.3 is 5.32 Å². The van der Waals surface area contributed by atoms with Gasteiger partial charge in [0, 0.05) is 36.5 Å². The first-order valence-electron chi connectivity index (χ1n) is 7.67. The number of nitrogens with one attached hydrogen (secondary N) is 1. The smallest absolute Gasteiger partial charge is 0.127 e. The van der Waals surface area contributed by atoms with Crippen LogP contribution in [0.5, 0.6) is 0 Å². The Balaban J connectivity index is 2.74. The molecule has 1 unspecified atom stereocenters. The summed E-state index contributed by atoms with van der Waals surface area (Å²) in [5.41, 5.74) is 1.94. The van der Waals surface area contributed by atoms with E-state index in [-0.39, 0.29) is 5.82 Å². The molecule has 0 saturated carbocycles. The molecule has 0 aliphatic rings. The van der Waals surface area contributed by atoms with E-state index in [1.54, 1.807) is 6.07 Å². The van der Waals surface area contributed by atoms with Crippen molar-refractivity contribution in [3.05, 3.63) is 35.1 Å². The van der Waals surface area contributed by atoms with Crippen LogP contribution in [0, 0.1) is 5.82 Å². The molecule has 21 heavy (non-hydrogen) atoms. The predicted octanol–water partition coefficient (Wildman–Crippen LogP) is 3.90. The molecule has 0 aromatic heterocycles. The molecule has 4 heteroatoms. The Labute approximate surface area is 133 Å². The number of hydrogen-bond donors (Lipinski definition) is 1. The van der Waals surface area contributed by atoms with Crippen LogP contribution in [0.25, 0.3) is 0 Å². The van der Waals surface area contributed by atoms with E-state index >= 15 is 0 Å². The van der Waals surface area contributed by atoms with Gasteiger partial charge in [-0.05, 0) is 31.4 Å². The van der Waals surface area contributed by atoms with E-state index in [4.69, 9.17) is 0 Å². The zero-order valence-electron chi connectivity index (χ0n) is 13.9. The predicted molar refractivity (Wildman–Crippen MR) is 92.3 cm³/mol. The van der Waals surface area contributed by atoms with Crippen molar-refractivity contribution >= 4 is 11.8 Å². The monoisotopic (exact) mass is 312 g/mol. The molecule has 0 bridgehead atoms. The minimum atomic E-state index is -0.103. The second-order valence-corrected chi connectivity index (χ2v) is 6.80. The Morgan fingerprint density at radius 2 is 2.05 bits per heavy atom. The number of nitrogens with zero attached hydrogens (tertiary/aromatic N) is 1. The molecule has 0 saturated heterocycles. The van der Waals surface area contributed by atoms with Gasteiger partial charge in [0.05, 0.1) is 0 Å². The van der Waals surface area contributed by atoms with Crippen LogP contribution in [0.1, 0.15) is 38.3 Å². The molecule has 1 rings (SSSR count). The van der Waals surface area contributed by atoms with Crippen LogP contribution in [-0.4, -0.2) is 36.0 Å². The van der Waals surface area contributed by atoms with Crippen molar-refractivity contribution in [2.45, 2.75) is 52.4 Å². The zero-order valence-corrected chi connectivity index (χ0v) is 14.8. The minimum Gasteiger partial charge on any atom is -0.310 e. The second kappa shape index (κ2) is 9.44. The summed E-state index contributed by atoms with van der Waals surface area (Å²) in [5.74, 6) is 0.984. The highest BCUT2D eigenvalue weighted by atomic mass is 32.2. The fourth-order valence-corrected chi connectivity index (χ4v) is 3.20. The van der Waals surface area contributed by atoms with Crippen molar-refractivity contribution in [1.82, 2.24) is 10.2 Å². The van der Waals surface area contributed by atoms with Crippen molar-refractivity contribution in [2.75, 3.05) is 19.1 Å². The highest BCUT2D eigenvalue weighted by Gasteiger charge is 2.14. The van der Waals surface area contributed by atoms with E-state index in [1.165, 1.54) is 0 Å². The standard InChI is InChI=1S/C17H29FN2S/c1-6-16(12-21-5)20(4)11-15-9-14(7-8-17(15)18)10-19-13(2)3/h7-9,13,16,19H,6,10-12H2,1-5H3. The highest BCUT2D eigenvalue weighted by Crippen LogP contribution is 2.16. The van der Waals surface area contributed by atoms with Gasteiger partial charge in [0.2, 0.25) is 0 Å². The molecular weight excluding hydrogens is 283 g/mol. The van der Waals surface area contributed by atoms with Gasteiger partial charge in [-0.3, -0.25) is 4.90 Å². The van der Waals surface area contributed by atoms with E-state index in [2.05, 4.69) is 44.3 Å². The maximum atomic E-state index is 14.0. The van der Waals surface area contributed by atoms with Crippen molar-refractivity contribution < 1.29 is 4.39 Å². The van der Waals surface area contributed by atoms with Crippen LogP contribution >= 0.6 is 11.8 Å². The highest BCUT2D eigenvalue weighted by molar-refractivity contribution is 7.98. The van der Waals surface area contributed by atoms with E-state index in [0.29, 0.717) is 18.6 Å². The van der Waals surface area contributed by atoms with Crippen molar-refractivity contribution in [3.8, 4) is 0 Å². The second-order valence-electron chi connectivity index (χ2n) is 5.89. The lowest BCUT2D eigenvalue weighted by atomic mass is 10.1. The molecule has 1 aromatic carbocycles. The van der Waals surface area contributed by atoms with Crippen LogP contribution in [-0.2, 0) is 13.1 Å². The van der Waals surface area contributed by atoms with Crippen LogP contribution in [0.3, 0.4) is 0 Å². The fraction of sp³-hybridized carbons (Fsp3) is 0.647. The van der Waals surface area contributed by atoms with Gasteiger partial charge in [-0.15, -0.1) is 0 Å². The Morgan fingerprint density at radius 3 is 2.62 bits per heavy atom. The van der Waals surface area contributed by atoms with Crippen LogP contribution in [0.2, 0.25) is 0 Å². The molecule has 1 atom stereocenters. The molecule has 0 aliphatic carbocycles. The first-order chi connectivity index (χ1) is 9.97. The maximum absolute atomic E-state index is 14.0. The molecule has 0 fully saturated rings. The fourth-order valence-electron chi connectivity index (χ4n) is 2.33. The van der Waals surface area contributed by atoms with E-state index in [0.717, 1.165) is 29.8 Å². The average molecular weight is 312 g/mol. The van der Waals surface area contributed by atoms with Crippen LogP contribution in [0.15, 0.2) is 18.2 Å². The van der Waals surface area contributed by atoms with Crippen LogP contribution in [0.4, 0.5) is 4.39 Å². The summed E-state index contributed by atoms with van der Waals surface area (Å²) in [4.78, 5) is 2.26. The van der Waals surface area contributed by atoms with E-state index in [1.807, 2.05) is 23.9 Å². The topological polar surface area (TPSA) is 15.3 Å². The number of rotatable bonds is 9. The summed E-state index contributed by atoms with van der Waals surface area (Å²) < 4.78 is 14.0. The maximum Gasteiger partial charge on any atom is 0.127 e. The first-order valence-corrected chi connectivity index (χ1v) is 9.07. The number of halogens is 1. The Morgan fingerprint density at radius 1 is 1.33 bits per heavy atom. The van der Waals surface area contributed by atoms with Gasteiger partial charge in [0.1, 0.15) is 5.82 Å². The summed E-state index contributed by atoms with van der Waals surface area (Å²) in [6, 6.07) is 6.39. The molecular formula is C17H29FN2S. The lowest BCUT2D eigenvalue weighted by molar-refractivity contribution is 0.244. The first kappa shape index (κ1) is 18.5. The Kier molecular flexibility index (Phi) is 8.30. The Bertz CT molecular complexity index is 423. The SMILES string of the molecule is CCC(CSC)N(C)Cc1cc(CNC(C)C)ccc1F. The third-order valence-corrected chi connectivity index (χ3v) is 4.42. The van der Waals surface area contributed by atoms with E-state index < -0.39 is 0 Å². The summed E-state index contributed by atoms with van der Waals surface area (Å²) in [5, 5.41) is 3.38. The largest absolute Gasteiger partial charge is 0.310 e. The van der Waals surface area contributed by atoms with E-state index in [9.17, 15) is 4.39 Å². The van der Waals surface area contributed by atoms with Gasteiger partial charge in [-0.25, -0.2) is 4.39 Å².